The van der Waals surface area contributed by atoms with Crippen LogP contribution in [0.25, 0.3) is 0 Å². The first-order valence-electron chi connectivity index (χ1n) is 8.71. The molecule has 0 saturated carbocycles. The molecule has 0 aliphatic heterocycles. The molecule has 0 fully saturated rings. The van der Waals surface area contributed by atoms with Crippen LogP contribution in [0.2, 0.25) is 36.3 Å². The molecule has 0 radical (unpaired) electrons. The molecular weight excluding hydrogens is 376 g/mol. The number of halogens is 3. The molecule has 0 amide bonds. The minimum atomic E-state index is -4.58. The summed E-state index contributed by atoms with van der Waals surface area (Å²) in [7, 11) is -9.15. The Morgan fingerprint density at radius 3 is 1.25 bits per heavy atom. The van der Waals surface area contributed by atoms with Crippen molar-refractivity contribution in [1.82, 2.24) is 0 Å². The van der Waals surface area contributed by atoms with Crippen LogP contribution in [0.1, 0.15) is 41.5 Å². The van der Waals surface area contributed by atoms with Crippen LogP contribution in [0.5, 0.6) is 0 Å². The van der Waals surface area contributed by atoms with Gasteiger partial charge < -0.3 is 8.43 Å². The molecule has 24 heavy (non-hydrogen) atoms. The van der Waals surface area contributed by atoms with Gasteiger partial charge in [0.25, 0.3) is 0 Å². The van der Waals surface area contributed by atoms with Crippen LogP contribution >= 0.6 is 7.82 Å². The van der Waals surface area contributed by atoms with E-state index < -0.39 is 37.2 Å². The third kappa shape index (κ3) is 7.29. The van der Waals surface area contributed by atoms with Crippen molar-refractivity contribution in [2.75, 3.05) is 6.61 Å². The van der Waals surface area contributed by atoms with Crippen molar-refractivity contribution in [3.63, 3.8) is 0 Å². The molecule has 0 aliphatic rings. The van der Waals surface area contributed by atoms with Crippen LogP contribution in [0.4, 0.5) is 13.2 Å². The highest BCUT2D eigenvalue weighted by atomic mass is 31.2. The molecule has 146 valence electrons. The summed E-state index contributed by atoms with van der Waals surface area (Å²) in [5, 5.41) is 0. The van der Waals surface area contributed by atoms with E-state index in [2.05, 4.69) is 0 Å². The first-order valence-corrected chi connectivity index (χ1v) is 15.2. The first-order chi connectivity index (χ1) is 11.0. The zero-order chi connectivity index (χ0) is 19.1. The minimum Gasteiger partial charge on any atom is -0.330 e. The average molecular weight is 409 g/mol. The van der Waals surface area contributed by atoms with E-state index in [0.29, 0.717) is 36.3 Å². The predicted octanol–water partition coefficient (Wildman–Crippen LogP) is 6.72. The lowest BCUT2D eigenvalue weighted by atomic mass is 10.7. The molecule has 0 saturated heterocycles. The Hall–Kier alpha value is 0.334. The molecule has 0 N–H and O–H groups in total. The second-order valence-corrected chi connectivity index (χ2v) is 17.6. The Morgan fingerprint density at radius 1 is 0.750 bits per heavy atom. The predicted molar refractivity (Wildman–Crippen MR) is 96.2 cm³/mol. The van der Waals surface area contributed by atoms with Crippen molar-refractivity contribution in [2.24, 2.45) is 0 Å². The summed E-state index contributed by atoms with van der Waals surface area (Å²) in [5.74, 6) is 0. The summed E-state index contributed by atoms with van der Waals surface area (Å²) in [6.45, 7) is 9.87. The zero-order valence-corrected chi connectivity index (χ0v) is 18.6. The van der Waals surface area contributed by atoms with Gasteiger partial charge in [-0.3, -0.25) is 4.52 Å². The molecule has 0 bridgehead atoms. The van der Waals surface area contributed by atoms with Crippen molar-refractivity contribution in [3.05, 3.63) is 0 Å². The third-order valence-electron chi connectivity index (χ3n) is 4.86. The van der Waals surface area contributed by atoms with Crippen molar-refractivity contribution < 1.29 is 30.7 Å². The summed E-state index contributed by atoms with van der Waals surface area (Å²) in [4.78, 5) is 0. The first kappa shape index (κ1) is 24.3. The lowest BCUT2D eigenvalue weighted by molar-refractivity contribution is -0.156. The van der Waals surface area contributed by atoms with Crippen LogP contribution < -0.4 is 0 Å². The number of phosphoric acid groups is 1. The monoisotopic (exact) mass is 408 g/mol. The fraction of sp³-hybridized carbons (Fsp3) is 1.00. The molecule has 0 rings (SSSR count). The Labute approximate surface area is 146 Å². The van der Waals surface area contributed by atoms with Crippen molar-refractivity contribution in [1.29, 1.82) is 0 Å². The largest absolute Gasteiger partial charge is 0.455 e. The third-order valence-corrected chi connectivity index (χ3v) is 17.9. The summed E-state index contributed by atoms with van der Waals surface area (Å²) in [5.41, 5.74) is 0. The van der Waals surface area contributed by atoms with E-state index in [4.69, 9.17) is 12.9 Å². The topological polar surface area (TPSA) is 44.8 Å². The standard InChI is InChI=1S/C14H32F3O4PSi2/c1-7-23(8-2,9-3)20-22(18,19-13-14(15,16)17)21-24(10-4,11-5)12-6/h7-13H2,1-6H3. The van der Waals surface area contributed by atoms with Gasteiger partial charge in [0.2, 0.25) is 16.6 Å². The van der Waals surface area contributed by atoms with Gasteiger partial charge in [0.15, 0.2) is 6.61 Å². The van der Waals surface area contributed by atoms with E-state index in [0.717, 1.165) is 0 Å². The van der Waals surface area contributed by atoms with E-state index in [1.165, 1.54) is 0 Å². The van der Waals surface area contributed by atoms with Gasteiger partial charge in [0.05, 0.1) is 0 Å². The van der Waals surface area contributed by atoms with Crippen LogP contribution in [-0.2, 0) is 17.5 Å². The molecular formula is C14H32F3O4PSi2. The Kier molecular flexibility index (Phi) is 10.0. The smallest absolute Gasteiger partial charge is 0.330 e. The molecule has 10 heteroatoms. The van der Waals surface area contributed by atoms with Crippen LogP contribution in [0.3, 0.4) is 0 Å². The maximum absolute atomic E-state index is 13.1. The summed E-state index contributed by atoms with van der Waals surface area (Å²) >= 11 is 0. The molecule has 0 spiro atoms. The lowest BCUT2D eigenvalue weighted by Crippen LogP contribution is -2.40. The maximum atomic E-state index is 13.1. The highest BCUT2D eigenvalue weighted by molar-refractivity contribution is 7.52. The minimum absolute atomic E-state index is 0.654. The van der Waals surface area contributed by atoms with Gasteiger partial charge in [0.1, 0.15) is 0 Å². The van der Waals surface area contributed by atoms with Gasteiger partial charge in [-0.25, -0.2) is 4.57 Å². The van der Waals surface area contributed by atoms with E-state index >= 15 is 0 Å². The van der Waals surface area contributed by atoms with Gasteiger partial charge in [-0.15, -0.1) is 0 Å². The van der Waals surface area contributed by atoms with Gasteiger partial charge in [-0.1, -0.05) is 41.5 Å². The van der Waals surface area contributed by atoms with Crippen molar-refractivity contribution >= 4 is 24.5 Å². The fourth-order valence-electron chi connectivity index (χ4n) is 2.59. The molecule has 0 unspecified atom stereocenters. The molecule has 4 nitrogen and oxygen atoms in total. The summed E-state index contributed by atoms with van der Waals surface area (Å²) in [6.07, 6.45) is -4.58. The quantitative estimate of drug-likeness (QED) is 0.266. The highest BCUT2D eigenvalue weighted by Gasteiger charge is 2.47. The highest BCUT2D eigenvalue weighted by Crippen LogP contribution is 2.57. The number of rotatable bonds is 12. The number of alkyl halides is 3. The van der Waals surface area contributed by atoms with E-state index in [9.17, 15) is 17.7 Å². The Balaban J connectivity index is 5.62. The molecule has 0 aromatic carbocycles. The number of hydrogen-bond acceptors (Lipinski definition) is 4. The van der Waals surface area contributed by atoms with Gasteiger partial charge >= 0.3 is 14.0 Å². The second-order valence-electron chi connectivity index (χ2n) is 6.01. The Bertz CT molecular complexity index is 371. The SMILES string of the molecule is CC[Si](CC)(CC)OP(=O)(OCC(F)(F)F)O[Si](CC)(CC)CC. The maximum Gasteiger partial charge on any atom is 0.455 e. The molecule has 0 aliphatic carbocycles. The van der Waals surface area contributed by atoms with Crippen LogP contribution in [0.15, 0.2) is 0 Å². The van der Waals surface area contributed by atoms with Gasteiger partial charge in [-0.05, 0) is 36.3 Å². The molecule has 0 atom stereocenters. The zero-order valence-electron chi connectivity index (χ0n) is 15.7. The van der Waals surface area contributed by atoms with E-state index in [1.54, 1.807) is 0 Å². The normalized spacial score (nSPS) is 14.2. The van der Waals surface area contributed by atoms with Crippen LogP contribution in [-0.4, -0.2) is 29.4 Å². The van der Waals surface area contributed by atoms with Crippen LogP contribution in [0, 0.1) is 0 Å². The van der Waals surface area contributed by atoms with Crippen molar-refractivity contribution in [3.8, 4) is 0 Å². The lowest BCUT2D eigenvalue weighted by Gasteiger charge is -2.37. The van der Waals surface area contributed by atoms with E-state index in [-0.39, 0.29) is 0 Å². The molecule has 0 heterocycles. The summed E-state index contributed by atoms with van der Waals surface area (Å²) < 4.78 is 67.4. The van der Waals surface area contributed by atoms with Gasteiger partial charge in [-0.2, -0.15) is 13.2 Å². The second kappa shape index (κ2) is 9.87. The van der Waals surface area contributed by atoms with Crippen molar-refractivity contribution in [2.45, 2.75) is 84.0 Å². The van der Waals surface area contributed by atoms with Gasteiger partial charge in [0, 0.05) is 0 Å². The summed E-state index contributed by atoms with van der Waals surface area (Å²) in [6, 6.07) is 3.93. The Morgan fingerprint density at radius 2 is 1.04 bits per heavy atom. The molecule has 0 aromatic rings. The fourth-order valence-corrected chi connectivity index (χ4v) is 13.7. The van der Waals surface area contributed by atoms with E-state index in [1.807, 2.05) is 41.5 Å². The molecule has 0 aromatic heterocycles. The number of hydrogen-bond donors (Lipinski definition) is 0. The average Bonchev–Trinajstić information content (AvgIpc) is 2.56.